The van der Waals surface area contributed by atoms with E-state index in [1.165, 1.54) is 37.9 Å². The van der Waals surface area contributed by atoms with E-state index in [-0.39, 0.29) is 29.6 Å². The van der Waals surface area contributed by atoms with Crippen molar-refractivity contribution in [3.63, 3.8) is 0 Å². The predicted octanol–water partition coefficient (Wildman–Crippen LogP) is 10.6. The van der Waals surface area contributed by atoms with Gasteiger partial charge in [-0.1, -0.05) is 94.1 Å². The number of fused-ring (bicyclic) bond motifs is 8. The summed E-state index contributed by atoms with van der Waals surface area (Å²) in [5, 5.41) is 7.23. The molecule has 2 amide bonds. The van der Waals surface area contributed by atoms with Gasteiger partial charge in [0.05, 0.1) is 41.7 Å². The van der Waals surface area contributed by atoms with Crippen LogP contribution in [0.3, 0.4) is 0 Å². The van der Waals surface area contributed by atoms with Crippen LogP contribution in [0.1, 0.15) is 110 Å². The van der Waals surface area contributed by atoms with Gasteiger partial charge in [-0.25, -0.2) is 9.98 Å². The van der Waals surface area contributed by atoms with Crippen LogP contribution >= 0.6 is 0 Å². The summed E-state index contributed by atoms with van der Waals surface area (Å²) in [6.07, 6.45) is 16.5. The molecule has 72 heavy (non-hydrogen) atoms. The second-order valence-corrected chi connectivity index (χ2v) is 20.5. The van der Waals surface area contributed by atoms with E-state index in [0.29, 0.717) is 48.2 Å². The number of guanidine groups is 2. The van der Waals surface area contributed by atoms with E-state index in [2.05, 4.69) is 79.3 Å². The number of rotatable bonds is 11. The Labute approximate surface area is 419 Å². The molecule has 2 unspecified atom stereocenters. The smallest absolute Gasteiger partial charge is 0.286 e. The van der Waals surface area contributed by atoms with E-state index < -0.39 is 5.92 Å². The van der Waals surface area contributed by atoms with Crippen molar-refractivity contribution in [3.05, 3.63) is 138 Å². The standard InChI is InChI=1S/C31H30N6O.C25H32F2N6O/c1-35-30(38)28-27(37-26-13-6-5-12-25(26)34-31(35)37)20-36(29(28)33-23-9-3-2-4-10-23)19-21-14-16-22(17-15-21)24-11-7-8-18-32-24;1-15(2)18-13-33-19-14-32(12-16-9-10-20(28-11-16)25(3,26)27)22(29-17-7-5-6-8-17)21(19)23(34)31(4)24(33)30-18/h2-4,7-11,14-18,20,25-26,33H,5-6,12-13,19H2,1H3;9-11,14-15,17-18,29H,5-8,12-13H2,1-4H3/t;18-/m.0/s1. The van der Waals surface area contributed by atoms with Crippen molar-refractivity contribution in [3.8, 4) is 11.3 Å². The highest BCUT2D eigenvalue weighted by Gasteiger charge is 2.48. The summed E-state index contributed by atoms with van der Waals surface area (Å²) >= 11 is 0. The molecule has 6 aliphatic rings. The number of anilines is 5. The SMILES string of the molecule is CC(C)[C@@H]1CN2C(=N1)N(C)C(=O)c1c2cn(Cc2ccc(C(C)(F)F)nc2)c1NC1CCCC1.CN1C(=O)c2c(cn(Cc3ccc(-c4ccccn4)cc3)c2Nc2ccccc2)N2C1=NC1CCCCC12. The number of nitrogens with one attached hydrogen (secondary N) is 2. The van der Waals surface area contributed by atoms with Gasteiger partial charge in [0.15, 0.2) is 0 Å². The van der Waals surface area contributed by atoms with Crippen molar-refractivity contribution in [2.24, 2.45) is 15.9 Å². The first-order valence-corrected chi connectivity index (χ1v) is 25.5. The number of para-hydroxylation sites is 1. The lowest BCUT2D eigenvalue weighted by Gasteiger charge is -2.37. The van der Waals surface area contributed by atoms with Crippen LogP contribution < -0.4 is 20.4 Å². The minimum Gasteiger partial charge on any atom is -0.368 e. The number of benzene rings is 2. The number of aromatic nitrogens is 4. The molecule has 16 heteroatoms. The molecule has 4 aliphatic heterocycles. The number of halogens is 2. The zero-order valence-corrected chi connectivity index (χ0v) is 41.6. The molecule has 2 fully saturated rings. The van der Waals surface area contributed by atoms with Crippen LogP contribution in [0, 0.1) is 5.92 Å². The fraction of sp³-hybridized carbons (Fsp3) is 0.393. The van der Waals surface area contributed by atoms with Gasteiger partial charge in [0.1, 0.15) is 28.5 Å². The average molecular weight is 973 g/mol. The van der Waals surface area contributed by atoms with Gasteiger partial charge in [-0.15, -0.1) is 0 Å². The van der Waals surface area contributed by atoms with E-state index in [1.54, 1.807) is 22.9 Å². The molecular weight excluding hydrogens is 911 g/mol. The molecule has 14 nitrogen and oxygen atoms in total. The number of pyridine rings is 2. The van der Waals surface area contributed by atoms with Crippen LogP contribution in [0.25, 0.3) is 11.3 Å². The molecule has 4 aromatic heterocycles. The third-order valence-electron chi connectivity index (χ3n) is 15.1. The maximum Gasteiger partial charge on any atom is 0.286 e. The Balaban J connectivity index is 0.000000157. The molecule has 0 radical (unpaired) electrons. The quantitative estimate of drug-likeness (QED) is 0.131. The second-order valence-electron chi connectivity index (χ2n) is 20.5. The van der Waals surface area contributed by atoms with Crippen molar-refractivity contribution < 1.29 is 18.4 Å². The lowest BCUT2D eigenvalue weighted by atomic mass is 9.90. The van der Waals surface area contributed by atoms with Crippen molar-refractivity contribution in [2.45, 2.75) is 115 Å². The van der Waals surface area contributed by atoms with Crippen LogP contribution in [0.5, 0.6) is 0 Å². The lowest BCUT2D eigenvalue weighted by Crippen LogP contribution is -2.52. The monoisotopic (exact) mass is 973 g/mol. The number of aliphatic imine (C=N–C) groups is 2. The summed E-state index contributed by atoms with van der Waals surface area (Å²) in [4.78, 5) is 53.5. The van der Waals surface area contributed by atoms with Gasteiger partial charge in [0, 0.05) is 76.2 Å². The van der Waals surface area contributed by atoms with Crippen molar-refractivity contribution in [1.82, 2.24) is 28.9 Å². The molecule has 2 N–H and O–H groups in total. The zero-order valence-electron chi connectivity index (χ0n) is 41.6. The Hall–Kier alpha value is -7.36. The second kappa shape index (κ2) is 19.0. The fourth-order valence-corrected chi connectivity index (χ4v) is 11.2. The molecule has 2 aromatic carbocycles. The maximum atomic E-state index is 13.8. The first-order valence-electron chi connectivity index (χ1n) is 25.5. The Morgan fingerprint density at radius 2 is 1.36 bits per heavy atom. The van der Waals surface area contributed by atoms with Crippen molar-refractivity contribution >= 4 is 52.4 Å². The highest BCUT2D eigenvalue weighted by atomic mass is 19.3. The molecule has 2 saturated carbocycles. The third-order valence-corrected chi connectivity index (χ3v) is 15.1. The first kappa shape index (κ1) is 47.0. The Kier molecular flexibility index (Phi) is 12.4. The van der Waals surface area contributed by atoms with E-state index >= 15 is 0 Å². The fourth-order valence-electron chi connectivity index (χ4n) is 11.2. The molecule has 0 bridgehead atoms. The lowest BCUT2D eigenvalue weighted by molar-refractivity contribution is 0.0127. The van der Waals surface area contributed by atoms with Gasteiger partial charge in [0.2, 0.25) is 11.9 Å². The van der Waals surface area contributed by atoms with E-state index in [1.807, 2.05) is 72.5 Å². The third kappa shape index (κ3) is 8.78. The molecule has 2 aliphatic carbocycles. The van der Waals surface area contributed by atoms with E-state index in [9.17, 15) is 18.4 Å². The number of hydrogen-bond acceptors (Lipinski definition) is 10. The summed E-state index contributed by atoms with van der Waals surface area (Å²) in [6, 6.07) is 28.6. The maximum absolute atomic E-state index is 13.8. The highest BCUT2D eigenvalue weighted by molar-refractivity contribution is 6.22. The minimum atomic E-state index is -2.98. The molecule has 12 rings (SSSR count). The largest absolute Gasteiger partial charge is 0.368 e. The minimum absolute atomic E-state index is 0.0173. The van der Waals surface area contributed by atoms with Gasteiger partial charge in [-0.2, -0.15) is 8.78 Å². The molecule has 3 atom stereocenters. The van der Waals surface area contributed by atoms with Crippen molar-refractivity contribution in [2.75, 3.05) is 41.1 Å². The van der Waals surface area contributed by atoms with Crippen LogP contribution in [-0.2, 0) is 19.0 Å². The normalized spacial score (nSPS) is 20.4. The number of hydrogen-bond donors (Lipinski definition) is 2. The van der Waals surface area contributed by atoms with Gasteiger partial charge in [-0.3, -0.25) is 29.4 Å². The summed E-state index contributed by atoms with van der Waals surface area (Å²) in [7, 11) is 3.64. The summed E-state index contributed by atoms with van der Waals surface area (Å²) in [6.45, 7) is 6.92. The van der Waals surface area contributed by atoms with E-state index in [0.717, 1.165) is 96.2 Å². The molecular formula is C56H62F2N12O2. The van der Waals surface area contributed by atoms with Crippen LogP contribution in [-0.4, -0.2) is 97.4 Å². The van der Waals surface area contributed by atoms with Gasteiger partial charge in [0.25, 0.3) is 17.7 Å². The molecule has 8 heterocycles. The number of alkyl halides is 2. The van der Waals surface area contributed by atoms with Crippen LogP contribution in [0.2, 0.25) is 0 Å². The van der Waals surface area contributed by atoms with Gasteiger partial charge < -0.3 is 29.6 Å². The highest BCUT2D eigenvalue weighted by Crippen LogP contribution is 2.45. The molecule has 6 aromatic rings. The number of carbonyl (C=O) groups is 2. The Morgan fingerprint density at radius 3 is 2.06 bits per heavy atom. The topological polar surface area (TPSA) is 132 Å². The summed E-state index contributed by atoms with van der Waals surface area (Å²) in [5.74, 6) is 0.384. The summed E-state index contributed by atoms with van der Waals surface area (Å²) < 4.78 is 31.4. The van der Waals surface area contributed by atoms with Gasteiger partial charge in [-0.05, 0) is 73.1 Å². The van der Waals surface area contributed by atoms with Crippen molar-refractivity contribution in [1.29, 1.82) is 0 Å². The average Bonchev–Trinajstić information content (AvgIpc) is 4.25. The van der Waals surface area contributed by atoms with E-state index in [4.69, 9.17) is 9.98 Å². The Bertz CT molecular complexity index is 3030. The number of nitrogens with zero attached hydrogens (tertiary/aromatic N) is 10. The molecule has 0 saturated heterocycles. The van der Waals surface area contributed by atoms with Crippen LogP contribution in [0.15, 0.2) is 120 Å². The molecule has 372 valence electrons. The summed E-state index contributed by atoms with van der Waals surface area (Å²) in [5.41, 5.74) is 7.88. The number of amides is 2. The first-order chi connectivity index (χ1) is 34.8. The Morgan fingerprint density at radius 1 is 0.708 bits per heavy atom. The van der Waals surface area contributed by atoms with Crippen LogP contribution in [0.4, 0.5) is 37.5 Å². The predicted molar refractivity (Wildman–Crippen MR) is 280 cm³/mol. The molecule has 0 spiro atoms. The van der Waals surface area contributed by atoms with Gasteiger partial charge >= 0.3 is 0 Å². The number of carbonyl (C=O) groups excluding carboxylic acids is 2. The zero-order chi connectivity index (χ0) is 49.8.